The van der Waals surface area contributed by atoms with E-state index in [1.807, 2.05) is 6.07 Å². The Morgan fingerprint density at radius 2 is 2.10 bits per heavy atom. The summed E-state index contributed by atoms with van der Waals surface area (Å²) in [5.41, 5.74) is 1.39. The second-order valence-corrected chi connectivity index (χ2v) is 6.72. The van der Waals surface area contributed by atoms with Gasteiger partial charge in [0.1, 0.15) is 5.75 Å². The minimum absolute atomic E-state index is 0.522. The van der Waals surface area contributed by atoms with Gasteiger partial charge in [-0.15, -0.1) is 0 Å². The highest BCUT2D eigenvalue weighted by Crippen LogP contribution is 2.42. The van der Waals surface area contributed by atoms with Gasteiger partial charge in [0.25, 0.3) is 0 Å². The van der Waals surface area contributed by atoms with Gasteiger partial charge in [-0.1, -0.05) is 28.8 Å². The Morgan fingerprint density at radius 1 is 1.35 bits per heavy atom. The Morgan fingerprint density at radius 3 is 2.75 bits per heavy atom. The van der Waals surface area contributed by atoms with E-state index in [9.17, 15) is 0 Å². The molecule has 1 aromatic rings. The van der Waals surface area contributed by atoms with E-state index in [1.165, 1.54) is 29.3 Å². The average Bonchev–Trinajstić information content (AvgIpc) is 3.31. The van der Waals surface area contributed by atoms with Crippen molar-refractivity contribution in [2.24, 2.45) is 5.92 Å². The molecule has 1 atom stereocenters. The van der Waals surface area contributed by atoms with Crippen molar-refractivity contribution in [2.45, 2.75) is 25.3 Å². The summed E-state index contributed by atoms with van der Waals surface area (Å²) in [6.07, 6.45) is 4.10. The number of nitrogens with one attached hydrogen (secondary N) is 1. The third-order valence-electron chi connectivity index (χ3n) is 4.41. The van der Waals surface area contributed by atoms with Gasteiger partial charge in [-0.3, -0.25) is 4.90 Å². The van der Waals surface area contributed by atoms with E-state index in [0.29, 0.717) is 6.04 Å². The highest BCUT2D eigenvalue weighted by Gasteiger charge is 2.31. The number of hydrogen-bond donors (Lipinski definition) is 1. The van der Waals surface area contributed by atoms with Crippen molar-refractivity contribution in [1.29, 1.82) is 0 Å². The molecule has 0 unspecified atom stereocenters. The summed E-state index contributed by atoms with van der Waals surface area (Å²) in [7, 11) is 1.74. The molecule has 2 fully saturated rings. The van der Waals surface area contributed by atoms with Gasteiger partial charge in [-0.05, 0) is 36.1 Å². The van der Waals surface area contributed by atoms with E-state index in [0.717, 1.165) is 37.8 Å². The molecule has 1 saturated carbocycles. The molecule has 3 rings (SSSR count). The predicted octanol–water partition coefficient (Wildman–Crippen LogP) is 3.20. The van der Waals surface area contributed by atoms with Crippen molar-refractivity contribution >= 4 is 15.9 Å². The molecule has 1 saturated heterocycles. The first-order chi connectivity index (χ1) is 9.78. The highest BCUT2D eigenvalue weighted by molar-refractivity contribution is 9.10. The van der Waals surface area contributed by atoms with E-state index >= 15 is 0 Å². The molecular weight excluding hydrogens is 316 g/mol. The highest BCUT2D eigenvalue weighted by atomic mass is 79.9. The van der Waals surface area contributed by atoms with Crippen LogP contribution in [0.15, 0.2) is 22.7 Å². The summed E-state index contributed by atoms with van der Waals surface area (Å²) in [5, 5.41) is 3.45. The zero-order valence-electron chi connectivity index (χ0n) is 12.1. The lowest BCUT2D eigenvalue weighted by Crippen LogP contribution is -2.45. The molecule has 0 spiro atoms. The van der Waals surface area contributed by atoms with Gasteiger partial charge in [-0.25, -0.2) is 0 Å². The first-order valence-electron chi connectivity index (χ1n) is 7.56. The lowest BCUT2D eigenvalue weighted by Gasteiger charge is -2.36. The maximum Gasteiger partial charge on any atom is 0.119 e. The van der Waals surface area contributed by atoms with Crippen LogP contribution in [0.1, 0.15) is 30.9 Å². The Hall–Kier alpha value is -0.580. The number of rotatable bonds is 5. The average molecular weight is 339 g/mol. The lowest BCUT2D eigenvalue weighted by atomic mass is 9.98. The van der Waals surface area contributed by atoms with E-state index in [1.54, 1.807) is 7.11 Å². The monoisotopic (exact) mass is 338 g/mol. The number of methoxy groups -OCH3 is 1. The molecule has 1 heterocycles. The van der Waals surface area contributed by atoms with Crippen molar-refractivity contribution in [3.63, 3.8) is 0 Å². The van der Waals surface area contributed by atoms with Gasteiger partial charge in [0.2, 0.25) is 0 Å². The Kier molecular flexibility index (Phi) is 4.64. The lowest BCUT2D eigenvalue weighted by molar-refractivity contribution is 0.160. The Balaban J connectivity index is 1.86. The van der Waals surface area contributed by atoms with Gasteiger partial charge in [0.15, 0.2) is 0 Å². The minimum atomic E-state index is 0.522. The number of ether oxygens (including phenoxy) is 1. The molecule has 1 aliphatic heterocycles. The number of nitrogens with zero attached hydrogens (tertiary/aromatic N) is 1. The Bertz CT molecular complexity index is 456. The van der Waals surface area contributed by atoms with Crippen LogP contribution in [0.4, 0.5) is 0 Å². The maximum atomic E-state index is 5.42. The molecule has 1 aromatic carbocycles. The third-order valence-corrected chi connectivity index (χ3v) is 5.13. The van der Waals surface area contributed by atoms with Crippen molar-refractivity contribution < 1.29 is 4.74 Å². The van der Waals surface area contributed by atoms with Gasteiger partial charge in [0.05, 0.1) is 7.11 Å². The number of benzene rings is 1. The fourth-order valence-corrected chi connectivity index (χ4v) is 3.55. The van der Waals surface area contributed by atoms with Crippen molar-refractivity contribution in [3.05, 3.63) is 28.2 Å². The molecule has 1 N–H and O–H groups in total. The smallest absolute Gasteiger partial charge is 0.119 e. The fourth-order valence-electron chi connectivity index (χ4n) is 3.04. The van der Waals surface area contributed by atoms with Crippen LogP contribution < -0.4 is 10.1 Å². The molecule has 4 heteroatoms. The topological polar surface area (TPSA) is 24.5 Å². The minimum Gasteiger partial charge on any atom is -0.497 e. The molecule has 0 amide bonds. The van der Waals surface area contributed by atoms with E-state index in [4.69, 9.17) is 4.74 Å². The first kappa shape index (κ1) is 14.4. The first-order valence-corrected chi connectivity index (χ1v) is 8.35. The number of hydrogen-bond acceptors (Lipinski definition) is 3. The van der Waals surface area contributed by atoms with Crippen LogP contribution in [0.25, 0.3) is 0 Å². The molecule has 20 heavy (non-hydrogen) atoms. The van der Waals surface area contributed by atoms with Crippen LogP contribution in [0.5, 0.6) is 5.75 Å². The molecule has 0 aromatic heterocycles. The second kappa shape index (κ2) is 6.46. The molecule has 1 aliphatic carbocycles. The van der Waals surface area contributed by atoms with E-state index in [-0.39, 0.29) is 0 Å². The normalized spacial score (nSPS) is 21.7. The number of piperazine rings is 1. The fraction of sp³-hybridized carbons (Fsp3) is 0.625. The molecule has 3 nitrogen and oxygen atoms in total. The van der Waals surface area contributed by atoms with Crippen molar-refractivity contribution in [2.75, 3.05) is 33.3 Å². The van der Waals surface area contributed by atoms with Crippen LogP contribution >= 0.6 is 15.9 Å². The molecular formula is C16H23BrN2O. The summed E-state index contributed by atoms with van der Waals surface area (Å²) in [5.74, 6) is 1.88. The van der Waals surface area contributed by atoms with E-state index in [2.05, 4.69) is 38.3 Å². The van der Waals surface area contributed by atoms with Gasteiger partial charge >= 0.3 is 0 Å². The van der Waals surface area contributed by atoms with Crippen LogP contribution in [0.2, 0.25) is 0 Å². The van der Waals surface area contributed by atoms with Crippen LogP contribution in [0.3, 0.4) is 0 Å². The summed E-state index contributed by atoms with van der Waals surface area (Å²) in [6, 6.07) is 6.88. The van der Waals surface area contributed by atoms with Gasteiger partial charge < -0.3 is 10.1 Å². The van der Waals surface area contributed by atoms with Crippen molar-refractivity contribution in [1.82, 2.24) is 10.2 Å². The van der Waals surface area contributed by atoms with Crippen LogP contribution in [-0.4, -0.2) is 38.2 Å². The quantitative estimate of drug-likeness (QED) is 0.892. The molecule has 110 valence electrons. The summed E-state index contributed by atoms with van der Waals surface area (Å²) in [4.78, 5) is 2.63. The van der Waals surface area contributed by atoms with Gasteiger partial charge in [0, 0.05) is 36.7 Å². The maximum absolute atomic E-state index is 5.42. The Labute approximate surface area is 129 Å². The zero-order chi connectivity index (χ0) is 13.9. The summed E-state index contributed by atoms with van der Waals surface area (Å²) in [6.45, 7) is 4.48. The summed E-state index contributed by atoms with van der Waals surface area (Å²) < 4.78 is 6.63. The van der Waals surface area contributed by atoms with Gasteiger partial charge in [-0.2, -0.15) is 0 Å². The predicted molar refractivity (Wildman–Crippen MR) is 85.2 cm³/mol. The zero-order valence-corrected chi connectivity index (χ0v) is 13.7. The third kappa shape index (κ3) is 3.35. The SMILES string of the molecule is COc1ccc(Br)c([C@@H](CC2CC2)N2CCNCC2)c1. The summed E-state index contributed by atoms with van der Waals surface area (Å²) >= 11 is 3.74. The standard InChI is InChI=1S/C16H23BrN2O/c1-20-13-4-5-15(17)14(11-13)16(10-12-2-3-12)19-8-6-18-7-9-19/h4-5,11-12,16,18H,2-3,6-10H2,1H3/t16-/m1/s1. The molecule has 2 aliphatic rings. The number of halogens is 1. The largest absolute Gasteiger partial charge is 0.497 e. The second-order valence-electron chi connectivity index (χ2n) is 5.87. The van der Waals surface area contributed by atoms with Crippen molar-refractivity contribution in [3.8, 4) is 5.75 Å². The molecule has 0 bridgehead atoms. The van der Waals surface area contributed by atoms with Crippen LogP contribution in [-0.2, 0) is 0 Å². The molecule has 0 radical (unpaired) electrons. The van der Waals surface area contributed by atoms with Crippen LogP contribution in [0, 0.1) is 5.92 Å². The van der Waals surface area contributed by atoms with E-state index < -0.39 is 0 Å².